The standard InChI is InChI=1S/C32H37FN4O7S/c1-20-10-15-27(43-20)30-35-34-28(37(30)29-25(41-5)8-7-9-26(29)42-6)19-45(39,40)24-16-22(21-11-13-23(33)14-12-21)17-36(18-24)31(38)44-32(2,3)4/h7-15,22,24H,16-19H2,1-6H3/t22-,24-/m0/s1. The number of rotatable bonds is 8. The molecule has 4 aromatic rings. The summed E-state index contributed by atoms with van der Waals surface area (Å²) in [5.41, 5.74) is 0.353. The summed E-state index contributed by atoms with van der Waals surface area (Å²) < 4.78 is 66.6. The Kier molecular flexibility index (Phi) is 8.92. The van der Waals surface area contributed by atoms with Gasteiger partial charge in [-0.1, -0.05) is 18.2 Å². The quantitative estimate of drug-likeness (QED) is 0.238. The number of aromatic nitrogens is 3. The minimum Gasteiger partial charge on any atom is -0.494 e. The number of methoxy groups -OCH3 is 2. The smallest absolute Gasteiger partial charge is 0.410 e. The molecule has 11 nitrogen and oxygen atoms in total. The second-order valence-electron chi connectivity index (χ2n) is 12.0. The average molecular weight is 641 g/mol. The molecule has 13 heteroatoms. The first kappa shape index (κ1) is 32.0. The van der Waals surface area contributed by atoms with Gasteiger partial charge in [0.05, 0.1) is 19.5 Å². The number of hydrogen-bond donors (Lipinski definition) is 0. The summed E-state index contributed by atoms with van der Waals surface area (Å²) in [4.78, 5) is 14.6. The van der Waals surface area contributed by atoms with Crippen molar-refractivity contribution < 1.29 is 36.2 Å². The van der Waals surface area contributed by atoms with Gasteiger partial charge in [-0.15, -0.1) is 10.2 Å². The first-order chi connectivity index (χ1) is 21.3. The van der Waals surface area contributed by atoms with Gasteiger partial charge in [0.25, 0.3) is 0 Å². The van der Waals surface area contributed by atoms with Gasteiger partial charge in [0.1, 0.15) is 40.1 Å². The summed E-state index contributed by atoms with van der Waals surface area (Å²) in [7, 11) is -0.991. The fraction of sp³-hybridized carbons (Fsp3) is 0.406. The van der Waals surface area contributed by atoms with Crippen molar-refractivity contribution in [3.05, 3.63) is 77.6 Å². The zero-order valence-corrected chi connectivity index (χ0v) is 26.9. The minimum absolute atomic E-state index is 0.0781. The highest BCUT2D eigenvalue weighted by molar-refractivity contribution is 7.91. The number of carbonyl (C=O) groups is 1. The van der Waals surface area contributed by atoms with Crippen LogP contribution in [0.2, 0.25) is 0 Å². The minimum atomic E-state index is -3.99. The van der Waals surface area contributed by atoms with E-state index in [4.69, 9.17) is 18.6 Å². The fourth-order valence-electron chi connectivity index (χ4n) is 5.47. The number of ether oxygens (including phenoxy) is 3. The summed E-state index contributed by atoms with van der Waals surface area (Å²) in [6.45, 7) is 7.18. The van der Waals surface area contributed by atoms with Gasteiger partial charge in [-0.25, -0.2) is 17.6 Å². The molecule has 2 aromatic carbocycles. The second kappa shape index (κ2) is 12.5. The molecule has 0 radical (unpaired) electrons. The molecule has 0 N–H and O–H groups in total. The first-order valence-electron chi connectivity index (χ1n) is 14.5. The number of nitrogens with zero attached hydrogens (tertiary/aromatic N) is 4. The van der Waals surface area contributed by atoms with Crippen molar-refractivity contribution in [2.75, 3.05) is 27.3 Å². The third-order valence-electron chi connectivity index (χ3n) is 7.56. The molecule has 240 valence electrons. The molecule has 5 rings (SSSR count). The van der Waals surface area contributed by atoms with Crippen molar-refractivity contribution in [1.82, 2.24) is 19.7 Å². The molecule has 1 fully saturated rings. The zero-order valence-electron chi connectivity index (χ0n) is 26.1. The number of likely N-dealkylation sites (tertiary alicyclic amines) is 1. The number of para-hydroxylation sites is 1. The third-order valence-corrected chi connectivity index (χ3v) is 9.58. The molecule has 2 atom stereocenters. The molecule has 0 aliphatic carbocycles. The van der Waals surface area contributed by atoms with Crippen LogP contribution in [0.15, 0.2) is 59.0 Å². The summed E-state index contributed by atoms with van der Waals surface area (Å²) in [5.74, 6) is 0.901. The van der Waals surface area contributed by atoms with Gasteiger partial charge in [-0.3, -0.25) is 4.57 Å². The van der Waals surface area contributed by atoms with Crippen molar-refractivity contribution >= 4 is 15.9 Å². The van der Waals surface area contributed by atoms with Crippen LogP contribution in [-0.4, -0.2) is 72.3 Å². The van der Waals surface area contributed by atoms with E-state index in [1.165, 1.54) is 31.3 Å². The molecule has 2 aromatic heterocycles. The van der Waals surface area contributed by atoms with Crippen LogP contribution in [0.4, 0.5) is 9.18 Å². The van der Waals surface area contributed by atoms with E-state index in [0.29, 0.717) is 28.7 Å². The Morgan fingerprint density at radius 1 is 1.00 bits per heavy atom. The molecular weight excluding hydrogens is 603 g/mol. The molecular formula is C32H37FN4O7S. The number of piperidine rings is 1. The lowest BCUT2D eigenvalue weighted by molar-refractivity contribution is 0.0201. The Hall–Kier alpha value is -4.39. The van der Waals surface area contributed by atoms with Crippen molar-refractivity contribution in [3.63, 3.8) is 0 Å². The summed E-state index contributed by atoms with van der Waals surface area (Å²) in [5, 5.41) is 7.67. The molecule has 0 spiro atoms. The van der Waals surface area contributed by atoms with E-state index in [1.54, 1.807) is 74.7 Å². The van der Waals surface area contributed by atoms with Crippen LogP contribution in [0.25, 0.3) is 17.3 Å². The molecule has 45 heavy (non-hydrogen) atoms. The van der Waals surface area contributed by atoms with E-state index >= 15 is 0 Å². The maximum Gasteiger partial charge on any atom is 0.410 e. The number of hydrogen-bond acceptors (Lipinski definition) is 9. The highest BCUT2D eigenvalue weighted by atomic mass is 32.2. The Bertz CT molecular complexity index is 1760. The molecule has 1 amide bonds. The van der Waals surface area contributed by atoms with Crippen LogP contribution in [0.5, 0.6) is 11.5 Å². The molecule has 0 saturated carbocycles. The number of furan rings is 1. The fourth-order valence-corrected chi connectivity index (χ4v) is 7.19. The Balaban J connectivity index is 1.56. The molecule has 1 aliphatic rings. The van der Waals surface area contributed by atoms with Gasteiger partial charge in [0, 0.05) is 19.0 Å². The lowest BCUT2D eigenvalue weighted by Crippen LogP contribution is -2.49. The van der Waals surface area contributed by atoms with Crippen LogP contribution >= 0.6 is 0 Å². The van der Waals surface area contributed by atoms with Gasteiger partial charge < -0.3 is 23.5 Å². The van der Waals surface area contributed by atoms with E-state index in [2.05, 4.69) is 10.2 Å². The average Bonchev–Trinajstić information content (AvgIpc) is 3.61. The van der Waals surface area contributed by atoms with Crippen molar-refractivity contribution in [1.29, 1.82) is 0 Å². The van der Waals surface area contributed by atoms with Crippen molar-refractivity contribution in [2.45, 2.75) is 56.6 Å². The van der Waals surface area contributed by atoms with Crippen LogP contribution in [0, 0.1) is 12.7 Å². The van der Waals surface area contributed by atoms with Gasteiger partial charge in [0.2, 0.25) is 5.82 Å². The summed E-state index contributed by atoms with van der Waals surface area (Å²) in [6, 6.07) is 14.6. The van der Waals surface area contributed by atoms with Crippen molar-refractivity contribution in [2.24, 2.45) is 0 Å². The Morgan fingerprint density at radius 3 is 2.24 bits per heavy atom. The predicted molar refractivity (Wildman–Crippen MR) is 165 cm³/mol. The van der Waals surface area contributed by atoms with E-state index in [-0.39, 0.29) is 37.1 Å². The van der Waals surface area contributed by atoms with Gasteiger partial charge in [-0.2, -0.15) is 0 Å². The van der Waals surface area contributed by atoms with Gasteiger partial charge in [0.15, 0.2) is 21.4 Å². The molecule has 1 aliphatic heterocycles. The maximum absolute atomic E-state index is 14.3. The van der Waals surface area contributed by atoms with E-state index < -0.39 is 38.4 Å². The highest BCUT2D eigenvalue weighted by Crippen LogP contribution is 2.38. The maximum atomic E-state index is 14.3. The number of sulfone groups is 1. The molecule has 3 heterocycles. The lowest BCUT2D eigenvalue weighted by Gasteiger charge is -2.38. The Labute approximate surface area is 261 Å². The van der Waals surface area contributed by atoms with Gasteiger partial charge in [-0.05, 0) is 76.1 Å². The van der Waals surface area contributed by atoms with Crippen LogP contribution in [0.3, 0.4) is 0 Å². The zero-order chi connectivity index (χ0) is 32.5. The molecule has 0 unspecified atom stereocenters. The van der Waals surface area contributed by atoms with Crippen LogP contribution in [0.1, 0.15) is 50.3 Å². The van der Waals surface area contributed by atoms with Crippen LogP contribution in [-0.2, 0) is 20.3 Å². The summed E-state index contributed by atoms with van der Waals surface area (Å²) in [6.07, 6.45) is -0.407. The van der Waals surface area contributed by atoms with E-state index in [0.717, 1.165) is 5.56 Å². The predicted octanol–water partition coefficient (Wildman–Crippen LogP) is 5.70. The largest absolute Gasteiger partial charge is 0.494 e. The lowest BCUT2D eigenvalue weighted by atomic mass is 9.90. The number of halogens is 1. The number of amides is 1. The molecule has 0 bridgehead atoms. The van der Waals surface area contributed by atoms with E-state index in [1.807, 2.05) is 0 Å². The normalized spacial score (nSPS) is 17.3. The first-order valence-corrected chi connectivity index (χ1v) is 16.2. The Morgan fingerprint density at radius 2 is 1.67 bits per heavy atom. The number of carbonyl (C=O) groups excluding carboxylic acids is 1. The SMILES string of the molecule is COc1cccc(OC)c1-n1c(CS(=O)(=O)[C@H]2C[C@H](c3ccc(F)cc3)CN(C(=O)OC(C)(C)C)C2)nnc1-c1ccc(C)o1. The second-order valence-corrected chi connectivity index (χ2v) is 14.3. The van der Waals surface area contributed by atoms with Crippen LogP contribution < -0.4 is 9.47 Å². The van der Waals surface area contributed by atoms with Crippen molar-refractivity contribution in [3.8, 4) is 28.8 Å². The number of benzene rings is 2. The summed E-state index contributed by atoms with van der Waals surface area (Å²) >= 11 is 0. The third kappa shape index (κ3) is 6.98. The van der Waals surface area contributed by atoms with Gasteiger partial charge >= 0.3 is 6.09 Å². The number of aryl methyl sites for hydroxylation is 1. The monoisotopic (exact) mass is 640 g/mol. The topological polar surface area (TPSA) is 126 Å². The highest BCUT2D eigenvalue weighted by Gasteiger charge is 2.40. The van der Waals surface area contributed by atoms with E-state index in [9.17, 15) is 17.6 Å². The molecule has 1 saturated heterocycles.